The summed E-state index contributed by atoms with van der Waals surface area (Å²) in [6.45, 7) is 0. The van der Waals surface area contributed by atoms with Crippen molar-refractivity contribution in [1.29, 1.82) is 0 Å². The number of ketones is 1. The lowest BCUT2D eigenvalue weighted by Crippen LogP contribution is -2.13. The largest absolute Gasteiger partial charge is 0.296 e. The third-order valence-corrected chi connectivity index (χ3v) is 1.98. The number of carbonyl (C=O) groups excluding carboxylic acids is 1. The summed E-state index contributed by atoms with van der Waals surface area (Å²) in [7, 11) is 0. The topological polar surface area (TPSA) is 17.1 Å². The molecular formula is C9H6ClF3O. The number of benzene rings is 1. The lowest BCUT2D eigenvalue weighted by molar-refractivity contribution is -0.128. The SMILES string of the molecule is O=C(Cc1cc(F)ccc1Cl)C(F)F. The molecule has 0 N–H and O–H groups in total. The molecule has 0 aromatic heterocycles. The predicted molar refractivity (Wildman–Crippen MR) is 46.1 cm³/mol. The zero-order chi connectivity index (χ0) is 10.7. The maximum Gasteiger partial charge on any atom is 0.296 e. The highest BCUT2D eigenvalue weighted by atomic mass is 35.5. The molecule has 5 heteroatoms. The molecule has 0 saturated heterocycles. The maximum absolute atomic E-state index is 12.6. The second-order valence-corrected chi connectivity index (χ2v) is 3.09. The third kappa shape index (κ3) is 2.73. The summed E-state index contributed by atoms with van der Waals surface area (Å²) in [5.74, 6) is -1.87. The number of hydrogen-bond donors (Lipinski definition) is 0. The number of carbonyl (C=O) groups is 1. The first kappa shape index (κ1) is 11.0. The molecule has 0 heterocycles. The van der Waals surface area contributed by atoms with Crippen LogP contribution in [0.25, 0.3) is 0 Å². The van der Waals surface area contributed by atoms with E-state index in [4.69, 9.17) is 11.6 Å². The molecular weight excluding hydrogens is 217 g/mol. The Balaban J connectivity index is 2.86. The molecule has 1 aromatic carbocycles. The summed E-state index contributed by atoms with van der Waals surface area (Å²) in [5, 5.41) is 0.111. The maximum atomic E-state index is 12.6. The molecule has 0 amide bonds. The van der Waals surface area contributed by atoms with Gasteiger partial charge in [-0.1, -0.05) is 11.6 Å². The molecule has 0 saturated carbocycles. The second kappa shape index (κ2) is 4.46. The van der Waals surface area contributed by atoms with Gasteiger partial charge < -0.3 is 0 Å². The number of alkyl halides is 2. The minimum Gasteiger partial charge on any atom is -0.293 e. The third-order valence-electron chi connectivity index (χ3n) is 1.62. The highest BCUT2D eigenvalue weighted by Crippen LogP contribution is 2.18. The van der Waals surface area contributed by atoms with Crippen molar-refractivity contribution in [2.75, 3.05) is 0 Å². The van der Waals surface area contributed by atoms with Crippen molar-refractivity contribution >= 4 is 17.4 Å². The van der Waals surface area contributed by atoms with Gasteiger partial charge in [-0.15, -0.1) is 0 Å². The molecule has 0 radical (unpaired) electrons. The van der Waals surface area contributed by atoms with Crippen LogP contribution in [0.15, 0.2) is 18.2 Å². The Labute approximate surface area is 83.5 Å². The summed E-state index contributed by atoms with van der Waals surface area (Å²) in [4.78, 5) is 10.6. The Kier molecular flexibility index (Phi) is 3.52. The molecule has 0 unspecified atom stereocenters. The molecule has 0 aliphatic heterocycles. The zero-order valence-corrected chi connectivity index (χ0v) is 7.69. The van der Waals surface area contributed by atoms with Crippen molar-refractivity contribution in [2.24, 2.45) is 0 Å². The quantitative estimate of drug-likeness (QED) is 0.769. The Bertz CT molecular complexity index is 352. The summed E-state index contributed by atoms with van der Waals surface area (Å²) in [6.07, 6.45) is -3.59. The fraction of sp³-hybridized carbons (Fsp3) is 0.222. The van der Waals surface area contributed by atoms with Crippen LogP contribution in [0.4, 0.5) is 13.2 Å². The molecule has 76 valence electrons. The van der Waals surface area contributed by atoms with E-state index in [1.165, 1.54) is 6.07 Å². The number of rotatable bonds is 3. The van der Waals surface area contributed by atoms with Gasteiger partial charge in [0.1, 0.15) is 5.82 Å². The Morgan fingerprint density at radius 3 is 2.64 bits per heavy atom. The number of hydrogen-bond acceptors (Lipinski definition) is 1. The van der Waals surface area contributed by atoms with Crippen LogP contribution in [0.5, 0.6) is 0 Å². The average molecular weight is 223 g/mol. The van der Waals surface area contributed by atoms with Crippen molar-refractivity contribution in [3.05, 3.63) is 34.6 Å². The van der Waals surface area contributed by atoms with Crippen molar-refractivity contribution in [2.45, 2.75) is 12.8 Å². The molecule has 0 spiro atoms. The molecule has 0 aliphatic rings. The zero-order valence-electron chi connectivity index (χ0n) is 6.94. The molecule has 0 fully saturated rings. The van der Waals surface area contributed by atoms with Crippen LogP contribution in [-0.2, 0) is 11.2 Å². The Morgan fingerprint density at radius 2 is 2.07 bits per heavy atom. The fourth-order valence-corrected chi connectivity index (χ4v) is 1.13. The van der Waals surface area contributed by atoms with E-state index in [1.54, 1.807) is 0 Å². The summed E-state index contributed by atoms with van der Waals surface area (Å²) in [5.41, 5.74) is 0.0805. The molecule has 1 nitrogen and oxygen atoms in total. The monoisotopic (exact) mass is 222 g/mol. The molecule has 0 bridgehead atoms. The van der Waals surface area contributed by atoms with Gasteiger partial charge in [0.2, 0.25) is 5.78 Å². The minimum atomic E-state index is -3.05. The van der Waals surface area contributed by atoms with E-state index in [-0.39, 0.29) is 10.6 Å². The van der Waals surface area contributed by atoms with E-state index in [0.717, 1.165) is 12.1 Å². The first-order valence-electron chi connectivity index (χ1n) is 3.75. The van der Waals surface area contributed by atoms with E-state index in [9.17, 15) is 18.0 Å². The van der Waals surface area contributed by atoms with Gasteiger partial charge >= 0.3 is 0 Å². The molecule has 1 rings (SSSR count). The van der Waals surface area contributed by atoms with E-state index < -0.39 is 24.4 Å². The highest BCUT2D eigenvalue weighted by Gasteiger charge is 2.17. The normalized spacial score (nSPS) is 10.6. The first-order chi connectivity index (χ1) is 6.50. The summed E-state index contributed by atoms with van der Waals surface area (Å²) >= 11 is 5.58. The lowest BCUT2D eigenvalue weighted by Gasteiger charge is -2.02. The van der Waals surface area contributed by atoms with E-state index in [2.05, 4.69) is 0 Å². The average Bonchev–Trinajstić information content (AvgIpc) is 2.11. The molecule has 0 aliphatic carbocycles. The van der Waals surface area contributed by atoms with Crippen molar-refractivity contribution in [1.82, 2.24) is 0 Å². The van der Waals surface area contributed by atoms with E-state index >= 15 is 0 Å². The van der Waals surface area contributed by atoms with Crippen LogP contribution in [-0.4, -0.2) is 12.2 Å². The van der Waals surface area contributed by atoms with E-state index in [1.807, 2.05) is 0 Å². The number of Topliss-reactive ketones (excluding diaryl/α,β-unsaturated/α-hetero) is 1. The van der Waals surface area contributed by atoms with Gasteiger partial charge in [-0.2, -0.15) is 0 Å². The fourth-order valence-electron chi connectivity index (χ4n) is 0.944. The van der Waals surface area contributed by atoms with Crippen LogP contribution in [0.2, 0.25) is 5.02 Å². The second-order valence-electron chi connectivity index (χ2n) is 2.68. The summed E-state index contributed by atoms with van der Waals surface area (Å²) in [6, 6.07) is 3.30. The highest BCUT2D eigenvalue weighted by molar-refractivity contribution is 6.31. The van der Waals surface area contributed by atoms with Crippen molar-refractivity contribution < 1.29 is 18.0 Å². The van der Waals surface area contributed by atoms with Gasteiger partial charge in [-0.3, -0.25) is 4.79 Å². The van der Waals surface area contributed by atoms with Crippen molar-refractivity contribution in [3.63, 3.8) is 0 Å². The van der Waals surface area contributed by atoms with Gasteiger partial charge in [-0.05, 0) is 23.8 Å². The van der Waals surface area contributed by atoms with Gasteiger partial charge in [0.05, 0.1) is 0 Å². The molecule has 0 atom stereocenters. The van der Waals surface area contributed by atoms with Crippen LogP contribution in [0.1, 0.15) is 5.56 Å². The van der Waals surface area contributed by atoms with E-state index in [0.29, 0.717) is 0 Å². The van der Waals surface area contributed by atoms with Crippen LogP contribution >= 0.6 is 11.6 Å². The van der Waals surface area contributed by atoms with Gasteiger partial charge in [0, 0.05) is 11.4 Å². The Hall–Kier alpha value is -1.03. The Morgan fingerprint density at radius 1 is 1.43 bits per heavy atom. The van der Waals surface area contributed by atoms with Crippen LogP contribution in [0, 0.1) is 5.82 Å². The smallest absolute Gasteiger partial charge is 0.293 e. The summed E-state index contributed by atoms with van der Waals surface area (Å²) < 4.78 is 36.4. The first-order valence-corrected chi connectivity index (χ1v) is 4.13. The standard InChI is InChI=1S/C9H6ClF3O/c10-7-2-1-6(11)3-5(7)4-8(14)9(12)13/h1-3,9H,4H2. The van der Waals surface area contributed by atoms with Crippen LogP contribution < -0.4 is 0 Å². The predicted octanol–water partition coefficient (Wildman–Crippen LogP) is 2.86. The lowest BCUT2D eigenvalue weighted by atomic mass is 10.1. The molecule has 14 heavy (non-hydrogen) atoms. The van der Waals surface area contributed by atoms with Gasteiger partial charge in [0.25, 0.3) is 6.43 Å². The van der Waals surface area contributed by atoms with Crippen LogP contribution in [0.3, 0.4) is 0 Å². The molecule has 1 aromatic rings. The van der Waals surface area contributed by atoms with Gasteiger partial charge in [0.15, 0.2) is 0 Å². The number of halogens is 4. The minimum absolute atomic E-state index is 0.0805. The van der Waals surface area contributed by atoms with Crippen molar-refractivity contribution in [3.8, 4) is 0 Å². The van der Waals surface area contributed by atoms with Gasteiger partial charge in [-0.25, -0.2) is 13.2 Å².